The number of rotatable bonds is 11. The average Bonchev–Trinajstić information content (AvgIpc) is 2.71. The van der Waals surface area contributed by atoms with Crippen LogP contribution >= 0.6 is 0 Å². The van der Waals surface area contributed by atoms with Gasteiger partial charge in [0.15, 0.2) is 0 Å². The van der Waals surface area contributed by atoms with E-state index in [1.807, 2.05) is 4.90 Å². The number of hydrogen-bond donors (Lipinski definition) is 2. The molecule has 1 aliphatic rings. The predicted molar refractivity (Wildman–Crippen MR) is 99.7 cm³/mol. The fraction of sp³-hybridized carbons (Fsp3) is 0.778. The van der Waals surface area contributed by atoms with E-state index < -0.39 is 18.0 Å². The zero-order chi connectivity index (χ0) is 21.1. The van der Waals surface area contributed by atoms with Crippen LogP contribution in [0.25, 0.3) is 0 Å². The molecule has 1 atom stereocenters. The highest BCUT2D eigenvalue weighted by atomic mass is 16.5. The number of aliphatic carboxylic acids is 2. The third-order valence-corrected chi connectivity index (χ3v) is 4.86. The van der Waals surface area contributed by atoms with Gasteiger partial charge < -0.3 is 14.9 Å². The third kappa shape index (κ3) is 8.77. The van der Waals surface area contributed by atoms with Crippen molar-refractivity contribution in [2.24, 2.45) is 5.92 Å². The molecule has 1 saturated heterocycles. The molecular weight excluding hydrogens is 370 g/mol. The van der Waals surface area contributed by atoms with Crippen molar-refractivity contribution >= 4 is 24.2 Å². The molecule has 0 amide bonds. The van der Waals surface area contributed by atoms with Gasteiger partial charge in [0.25, 0.3) is 6.47 Å². The number of ketones is 1. The topological polar surface area (TPSA) is 128 Å². The molecule has 0 saturated carbocycles. The molecule has 1 fully saturated rings. The van der Waals surface area contributed by atoms with Crippen molar-refractivity contribution in [1.82, 2.24) is 14.7 Å². The van der Waals surface area contributed by atoms with Gasteiger partial charge in [-0.25, -0.2) is 0 Å². The Labute approximate surface area is 165 Å². The lowest BCUT2D eigenvalue weighted by molar-refractivity contribution is -0.144. The van der Waals surface area contributed by atoms with Gasteiger partial charge in [-0.05, 0) is 6.42 Å². The standard InChI is InChI=1S/C18H31N3O7/c1-14(2)16(23)4-3-15(18(26)27)21-9-7-19(11-17(24)25)5-6-20(8-10-21)12-28-13-22/h13-15H,3-12H2,1-2H3,(H,24,25)(H,26,27). The van der Waals surface area contributed by atoms with E-state index in [2.05, 4.69) is 0 Å². The Morgan fingerprint density at radius 2 is 1.57 bits per heavy atom. The van der Waals surface area contributed by atoms with Crippen LogP contribution < -0.4 is 0 Å². The van der Waals surface area contributed by atoms with Crippen molar-refractivity contribution in [3.63, 3.8) is 0 Å². The second-order valence-corrected chi connectivity index (χ2v) is 7.23. The lowest BCUT2D eigenvalue weighted by Gasteiger charge is -2.30. The molecule has 1 aliphatic heterocycles. The van der Waals surface area contributed by atoms with Crippen molar-refractivity contribution in [3.05, 3.63) is 0 Å². The average molecular weight is 401 g/mol. The molecule has 0 radical (unpaired) electrons. The summed E-state index contributed by atoms with van der Waals surface area (Å²) in [5, 5.41) is 18.8. The number of carboxylic acids is 2. The zero-order valence-corrected chi connectivity index (χ0v) is 16.6. The minimum atomic E-state index is -1.00. The fourth-order valence-electron chi connectivity index (χ4n) is 3.11. The predicted octanol–water partition coefficient (Wildman–Crippen LogP) is -0.420. The van der Waals surface area contributed by atoms with E-state index in [1.165, 1.54) is 0 Å². The van der Waals surface area contributed by atoms with Gasteiger partial charge >= 0.3 is 11.9 Å². The first-order valence-electron chi connectivity index (χ1n) is 9.46. The van der Waals surface area contributed by atoms with Crippen LogP contribution in [0.5, 0.6) is 0 Å². The Kier molecular flexibility index (Phi) is 10.6. The number of carbonyl (C=O) groups excluding carboxylic acids is 2. The molecule has 10 heteroatoms. The van der Waals surface area contributed by atoms with Crippen LogP contribution in [0, 0.1) is 5.92 Å². The summed E-state index contributed by atoms with van der Waals surface area (Å²) in [6, 6.07) is -0.832. The maximum Gasteiger partial charge on any atom is 0.320 e. The van der Waals surface area contributed by atoms with Gasteiger partial charge in [0.1, 0.15) is 18.6 Å². The molecule has 1 rings (SSSR count). The maximum atomic E-state index is 11.9. The van der Waals surface area contributed by atoms with Gasteiger partial charge in [-0.2, -0.15) is 0 Å². The number of carbonyl (C=O) groups is 4. The summed E-state index contributed by atoms with van der Waals surface area (Å²) >= 11 is 0. The van der Waals surface area contributed by atoms with Crippen LogP contribution in [0.3, 0.4) is 0 Å². The second-order valence-electron chi connectivity index (χ2n) is 7.23. The lowest BCUT2D eigenvalue weighted by Crippen LogP contribution is -2.47. The summed E-state index contributed by atoms with van der Waals surface area (Å²) in [6.45, 7) is 6.44. The number of hydrogen-bond acceptors (Lipinski definition) is 8. The van der Waals surface area contributed by atoms with E-state index in [0.29, 0.717) is 45.7 Å². The fourth-order valence-corrected chi connectivity index (χ4v) is 3.11. The van der Waals surface area contributed by atoms with E-state index in [1.54, 1.807) is 23.6 Å². The van der Waals surface area contributed by atoms with E-state index in [0.717, 1.165) is 0 Å². The highest BCUT2D eigenvalue weighted by molar-refractivity contribution is 5.81. The quantitative estimate of drug-likeness (QED) is 0.441. The molecule has 0 aromatic heterocycles. The van der Waals surface area contributed by atoms with Crippen molar-refractivity contribution < 1.29 is 34.1 Å². The molecule has 28 heavy (non-hydrogen) atoms. The largest absolute Gasteiger partial charge is 0.480 e. The monoisotopic (exact) mass is 401 g/mol. The first-order chi connectivity index (χ1) is 13.2. The van der Waals surface area contributed by atoms with Crippen LogP contribution in [0.2, 0.25) is 0 Å². The second kappa shape index (κ2) is 12.4. The summed E-state index contributed by atoms with van der Waals surface area (Å²) in [7, 11) is 0. The van der Waals surface area contributed by atoms with Crippen molar-refractivity contribution in [2.45, 2.75) is 32.7 Å². The molecule has 1 heterocycles. The molecule has 0 aromatic carbocycles. The van der Waals surface area contributed by atoms with Crippen LogP contribution in [-0.2, 0) is 23.9 Å². The summed E-state index contributed by atoms with van der Waals surface area (Å²) in [5.74, 6) is -2.09. The molecule has 160 valence electrons. The molecule has 1 unspecified atom stereocenters. The van der Waals surface area contributed by atoms with Gasteiger partial charge in [0.05, 0.1) is 6.54 Å². The number of ether oxygens (including phenoxy) is 1. The first kappa shape index (κ1) is 24.0. The van der Waals surface area contributed by atoms with Crippen molar-refractivity contribution in [1.29, 1.82) is 0 Å². The molecule has 0 aromatic rings. The number of Topliss-reactive ketones (excluding diaryl/α,β-unsaturated/α-hetero) is 1. The van der Waals surface area contributed by atoms with Gasteiger partial charge in [-0.3, -0.25) is 33.9 Å². The Hall–Kier alpha value is -2.04. The third-order valence-electron chi connectivity index (χ3n) is 4.86. The van der Waals surface area contributed by atoms with Crippen LogP contribution in [-0.4, -0.2) is 108 Å². The summed E-state index contributed by atoms with van der Waals surface area (Å²) < 4.78 is 4.81. The van der Waals surface area contributed by atoms with Gasteiger partial charge in [-0.15, -0.1) is 0 Å². The van der Waals surface area contributed by atoms with Crippen LogP contribution in [0.1, 0.15) is 26.7 Å². The molecule has 10 nitrogen and oxygen atoms in total. The smallest absolute Gasteiger partial charge is 0.320 e. The SMILES string of the molecule is CC(C)C(=O)CCC(C(=O)O)N1CCN(COC=O)CCN(CC(=O)O)CC1. The zero-order valence-electron chi connectivity index (χ0n) is 16.6. The minimum absolute atomic E-state index is 0.0176. The van der Waals surface area contributed by atoms with E-state index in [9.17, 15) is 24.3 Å². The number of nitrogens with zero attached hydrogens (tertiary/aromatic N) is 3. The van der Waals surface area contributed by atoms with Gasteiger partial charge in [-0.1, -0.05) is 13.8 Å². The van der Waals surface area contributed by atoms with Gasteiger partial charge in [0, 0.05) is 51.6 Å². The number of carboxylic acid groups (broad SMARTS) is 2. The Bertz CT molecular complexity index is 541. The highest BCUT2D eigenvalue weighted by Gasteiger charge is 2.28. The lowest BCUT2D eigenvalue weighted by atomic mass is 10.0. The maximum absolute atomic E-state index is 11.9. The molecule has 0 bridgehead atoms. The van der Waals surface area contributed by atoms with E-state index in [-0.39, 0.29) is 37.8 Å². The summed E-state index contributed by atoms with van der Waals surface area (Å²) in [5.41, 5.74) is 0. The normalized spacial score (nSPS) is 18.7. The first-order valence-corrected chi connectivity index (χ1v) is 9.46. The van der Waals surface area contributed by atoms with Crippen molar-refractivity contribution in [2.75, 3.05) is 52.5 Å². The Morgan fingerprint density at radius 3 is 2.11 bits per heavy atom. The molecule has 2 N–H and O–H groups in total. The molecular formula is C18H31N3O7. The minimum Gasteiger partial charge on any atom is -0.480 e. The van der Waals surface area contributed by atoms with E-state index >= 15 is 0 Å². The summed E-state index contributed by atoms with van der Waals surface area (Å²) in [4.78, 5) is 50.7. The van der Waals surface area contributed by atoms with Gasteiger partial charge in [0.2, 0.25) is 0 Å². The van der Waals surface area contributed by atoms with Crippen LogP contribution in [0.15, 0.2) is 0 Å². The van der Waals surface area contributed by atoms with E-state index in [4.69, 9.17) is 9.84 Å². The van der Waals surface area contributed by atoms with Crippen molar-refractivity contribution in [3.8, 4) is 0 Å². The molecule has 0 aliphatic carbocycles. The molecule has 0 spiro atoms. The highest BCUT2D eigenvalue weighted by Crippen LogP contribution is 2.13. The Morgan fingerprint density at radius 1 is 1.00 bits per heavy atom. The van der Waals surface area contributed by atoms with Crippen LogP contribution in [0.4, 0.5) is 0 Å². The summed E-state index contributed by atoms with van der Waals surface area (Å²) in [6.07, 6.45) is 0.387. The Balaban J connectivity index is 2.88.